The van der Waals surface area contributed by atoms with Gasteiger partial charge in [0.2, 0.25) is 0 Å². The van der Waals surface area contributed by atoms with E-state index in [4.69, 9.17) is 0 Å². The van der Waals surface area contributed by atoms with Crippen LogP contribution in [0.2, 0.25) is 19.6 Å². The SMILES string of the molecule is CC(C)(C)c1ccc([CH]=[Zr+2])cc1.CC1=[C-]C(C)C=C1[Si](C)(C)C.[Cl-].[Cl-].c1ccc2c(c1)[cH-]c1ccccc12. The van der Waals surface area contributed by atoms with Crippen LogP contribution in [0.25, 0.3) is 21.5 Å². The second-order valence-electron chi connectivity index (χ2n) is 11.7. The molecular formula is C34H40Cl2SiZr-2. The molecule has 1 aliphatic carbocycles. The van der Waals surface area contributed by atoms with Gasteiger partial charge in [-0.15, -0.1) is 39.7 Å². The van der Waals surface area contributed by atoms with E-state index < -0.39 is 8.07 Å². The molecule has 0 nitrogen and oxygen atoms in total. The third kappa shape index (κ3) is 9.34. The van der Waals surface area contributed by atoms with Crippen molar-refractivity contribution in [3.8, 4) is 0 Å². The molecule has 4 aromatic rings. The number of hydrogen-bond acceptors (Lipinski definition) is 0. The van der Waals surface area contributed by atoms with Gasteiger partial charge < -0.3 is 24.8 Å². The van der Waals surface area contributed by atoms with Crippen LogP contribution in [0.15, 0.2) is 95.7 Å². The first kappa shape index (κ1) is 34.6. The molecule has 200 valence electrons. The Kier molecular flexibility index (Phi) is 13.5. The van der Waals surface area contributed by atoms with Gasteiger partial charge in [-0.2, -0.15) is 6.08 Å². The van der Waals surface area contributed by atoms with Gasteiger partial charge in [0.15, 0.2) is 0 Å². The standard InChI is InChI=1S/C13H9.C11H14.C10H17Si.2ClH.Zr/c1-3-7-12-10(5-1)9-11-6-2-4-8-13(11)12;1-9-5-7-10(8-6-9)11(2,3)4;1-8-6-9(2)10(7-8)11(3,4)5;;;/h1-9H;1,5-8H,2-4H3;7-8H,1-5H3;2*1H;/q-1;;-1;;;+2/p-2. The largest absolute Gasteiger partial charge is 1.00 e. The molecule has 0 amide bonds. The summed E-state index contributed by atoms with van der Waals surface area (Å²) in [5.74, 6) is 0.553. The minimum Gasteiger partial charge on any atom is -1.00 e. The van der Waals surface area contributed by atoms with Crippen LogP contribution in [0.5, 0.6) is 0 Å². The summed E-state index contributed by atoms with van der Waals surface area (Å²) in [5.41, 5.74) is 4.42. The van der Waals surface area contributed by atoms with Crippen molar-refractivity contribution in [2.75, 3.05) is 0 Å². The number of benzene rings is 3. The average Bonchev–Trinajstić information content (AvgIpc) is 3.38. The van der Waals surface area contributed by atoms with E-state index in [2.05, 4.69) is 149 Å². The fourth-order valence-corrected chi connectivity index (χ4v) is 7.05. The number of hydrogen-bond donors (Lipinski definition) is 0. The topological polar surface area (TPSA) is 0 Å². The quantitative estimate of drug-likeness (QED) is 0.233. The van der Waals surface area contributed by atoms with Gasteiger partial charge in [-0.05, 0) is 8.07 Å². The van der Waals surface area contributed by atoms with Crippen LogP contribution < -0.4 is 24.8 Å². The Labute approximate surface area is 259 Å². The van der Waals surface area contributed by atoms with E-state index in [0.717, 1.165) is 0 Å². The molecule has 5 rings (SSSR count). The summed E-state index contributed by atoms with van der Waals surface area (Å²) in [6, 6.07) is 28.1. The van der Waals surface area contributed by atoms with Crippen molar-refractivity contribution in [3.05, 3.63) is 113 Å². The molecule has 0 bridgehead atoms. The van der Waals surface area contributed by atoms with Gasteiger partial charge in [-0.1, -0.05) is 75.8 Å². The maximum Gasteiger partial charge on any atom is -0.0112 e. The number of allylic oxidation sites excluding steroid dienone is 4. The Morgan fingerprint density at radius 1 is 0.816 bits per heavy atom. The summed E-state index contributed by atoms with van der Waals surface area (Å²) in [5, 5.41) is 6.99. The van der Waals surface area contributed by atoms with Crippen LogP contribution in [0.1, 0.15) is 45.7 Å². The zero-order valence-electron chi connectivity index (χ0n) is 24.0. The van der Waals surface area contributed by atoms with Gasteiger partial charge in [0.25, 0.3) is 0 Å². The van der Waals surface area contributed by atoms with E-state index in [1.165, 1.54) is 62.5 Å². The van der Waals surface area contributed by atoms with E-state index in [0.29, 0.717) is 5.92 Å². The van der Waals surface area contributed by atoms with Crippen molar-refractivity contribution in [2.45, 2.75) is 59.7 Å². The van der Waals surface area contributed by atoms with Crippen molar-refractivity contribution in [3.63, 3.8) is 0 Å². The van der Waals surface area contributed by atoms with E-state index in [9.17, 15) is 0 Å². The van der Waals surface area contributed by atoms with Gasteiger partial charge in [0.05, 0.1) is 0 Å². The number of rotatable bonds is 2. The monoisotopic (exact) mass is 636 g/mol. The molecule has 4 heteroatoms. The summed E-state index contributed by atoms with van der Waals surface area (Å²) in [7, 11) is -1.07. The summed E-state index contributed by atoms with van der Waals surface area (Å²) in [4.78, 5) is 0. The van der Waals surface area contributed by atoms with Crippen molar-refractivity contribution < 1.29 is 49.0 Å². The third-order valence-electron chi connectivity index (χ3n) is 6.54. The van der Waals surface area contributed by atoms with E-state index in [-0.39, 0.29) is 30.2 Å². The Balaban J connectivity index is 0.000000279. The molecule has 0 aromatic heterocycles. The molecule has 0 spiro atoms. The molecule has 1 unspecified atom stereocenters. The summed E-state index contributed by atoms with van der Waals surface area (Å²) >= 11 is 1.46. The van der Waals surface area contributed by atoms with Crippen LogP contribution in [-0.2, 0) is 29.7 Å². The smallest absolute Gasteiger partial charge is 0.0112 e. The van der Waals surface area contributed by atoms with Gasteiger partial charge in [0, 0.05) is 0 Å². The molecule has 38 heavy (non-hydrogen) atoms. The predicted octanol–water partition coefficient (Wildman–Crippen LogP) is 3.59. The second-order valence-corrected chi connectivity index (χ2v) is 17.5. The van der Waals surface area contributed by atoms with E-state index >= 15 is 0 Å². The Morgan fingerprint density at radius 3 is 1.63 bits per heavy atom. The predicted molar refractivity (Wildman–Crippen MR) is 160 cm³/mol. The van der Waals surface area contributed by atoms with Crippen molar-refractivity contribution in [2.24, 2.45) is 5.92 Å². The van der Waals surface area contributed by atoms with E-state index in [1.807, 2.05) is 0 Å². The van der Waals surface area contributed by atoms with Crippen LogP contribution in [-0.4, -0.2) is 11.8 Å². The molecule has 0 radical (unpaired) electrons. The maximum absolute atomic E-state index is 3.43. The molecular weight excluding hydrogens is 599 g/mol. The zero-order valence-corrected chi connectivity index (χ0v) is 29.0. The molecule has 0 heterocycles. The Hall–Kier alpha value is -1.44. The molecule has 0 saturated carbocycles. The molecule has 1 atom stereocenters. The van der Waals surface area contributed by atoms with Crippen LogP contribution in [0.4, 0.5) is 0 Å². The second kappa shape index (κ2) is 14.8. The minimum absolute atomic E-state index is 0. The molecule has 0 N–H and O–H groups in total. The third-order valence-corrected chi connectivity index (χ3v) is 9.52. The summed E-state index contributed by atoms with van der Waals surface area (Å²) in [6.45, 7) is 18.3. The number of halogens is 2. The Bertz CT molecular complexity index is 1330. The first-order valence-corrected chi connectivity index (χ1v) is 17.8. The van der Waals surface area contributed by atoms with E-state index in [1.54, 1.807) is 5.20 Å². The fraction of sp³-hybridized carbons (Fsp3) is 0.294. The molecule has 0 fully saturated rings. The fourth-order valence-electron chi connectivity index (χ4n) is 4.63. The average molecular weight is 639 g/mol. The molecule has 0 aliphatic heterocycles. The van der Waals surface area contributed by atoms with Crippen molar-refractivity contribution >= 4 is 33.3 Å². The summed E-state index contributed by atoms with van der Waals surface area (Å²) in [6.07, 6.45) is 5.81. The molecule has 4 aromatic carbocycles. The normalized spacial score (nSPS) is 14.6. The molecule has 0 saturated heterocycles. The molecule has 1 aliphatic rings. The summed E-state index contributed by atoms with van der Waals surface area (Å²) < 4.78 is 2.21. The van der Waals surface area contributed by atoms with Crippen LogP contribution in [0, 0.1) is 12.0 Å². The van der Waals surface area contributed by atoms with Gasteiger partial charge in [-0.3, -0.25) is 6.08 Å². The first-order valence-electron chi connectivity index (χ1n) is 12.9. The van der Waals surface area contributed by atoms with Crippen molar-refractivity contribution in [1.29, 1.82) is 0 Å². The zero-order chi connectivity index (χ0) is 26.5. The first-order chi connectivity index (χ1) is 16.9. The van der Waals surface area contributed by atoms with Gasteiger partial charge in [0.1, 0.15) is 0 Å². The maximum atomic E-state index is 3.43. The minimum atomic E-state index is -1.07. The van der Waals surface area contributed by atoms with Crippen LogP contribution in [0.3, 0.4) is 0 Å². The van der Waals surface area contributed by atoms with Gasteiger partial charge >= 0.3 is 89.5 Å². The number of fused-ring (bicyclic) bond motifs is 3. The van der Waals surface area contributed by atoms with Crippen LogP contribution >= 0.6 is 0 Å². The van der Waals surface area contributed by atoms with Crippen molar-refractivity contribution in [1.82, 2.24) is 0 Å². The van der Waals surface area contributed by atoms with Gasteiger partial charge in [-0.25, -0.2) is 10.8 Å². The Morgan fingerprint density at radius 2 is 1.29 bits per heavy atom.